The van der Waals surface area contributed by atoms with Gasteiger partial charge in [0, 0.05) is 24.0 Å². The Balaban J connectivity index is 1.35. The number of nitrogens with one attached hydrogen (secondary N) is 1. The first-order valence-corrected chi connectivity index (χ1v) is 12.1. The SMILES string of the molecule is CC(C)(C)C1Cc2cc(NC(=O)C3(c4ccc5c(c4)OC(F)(F)O5)CC3)ccc2N1CC(O)CC#N. The number of β-amino-alcohol motifs (C(OH)–C–C–N with tert-alkyl or cyclic N) is 1. The van der Waals surface area contributed by atoms with Crippen molar-refractivity contribution in [2.45, 2.75) is 70.3 Å². The number of aliphatic hydroxyl groups is 1. The van der Waals surface area contributed by atoms with Crippen molar-refractivity contribution in [2.75, 3.05) is 16.8 Å². The van der Waals surface area contributed by atoms with Crippen molar-refractivity contribution < 1.29 is 28.2 Å². The van der Waals surface area contributed by atoms with E-state index in [-0.39, 0.29) is 35.3 Å². The van der Waals surface area contributed by atoms with Crippen molar-refractivity contribution >= 4 is 17.3 Å². The maximum Gasteiger partial charge on any atom is 0.586 e. The molecule has 1 aliphatic carbocycles. The van der Waals surface area contributed by atoms with Crippen molar-refractivity contribution in [1.82, 2.24) is 0 Å². The van der Waals surface area contributed by atoms with Crippen LogP contribution in [0.25, 0.3) is 0 Å². The first-order valence-electron chi connectivity index (χ1n) is 12.1. The molecule has 36 heavy (non-hydrogen) atoms. The van der Waals surface area contributed by atoms with E-state index in [1.165, 1.54) is 12.1 Å². The molecule has 2 aliphatic heterocycles. The molecule has 1 fully saturated rings. The maximum atomic E-state index is 13.4. The molecule has 1 saturated carbocycles. The fraction of sp³-hybridized carbons (Fsp3) is 0.481. The van der Waals surface area contributed by atoms with Gasteiger partial charge in [0.2, 0.25) is 5.91 Å². The predicted molar refractivity (Wildman–Crippen MR) is 129 cm³/mol. The van der Waals surface area contributed by atoms with Gasteiger partial charge in [-0.25, -0.2) is 0 Å². The summed E-state index contributed by atoms with van der Waals surface area (Å²) in [6.45, 7) is 6.80. The van der Waals surface area contributed by atoms with Crippen molar-refractivity contribution in [2.24, 2.45) is 5.41 Å². The van der Waals surface area contributed by atoms with Crippen LogP contribution in [0.3, 0.4) is 0 Å². The number of rotatable bonds is 6. The van der Waals surface area contributed by atoms with Crippen LogP contribution < -0.4 is 19.7 Å². The van der Waals surface area contributed by atoms with Crippen LogP contribution in [0.5, 0.6) is 11.5 Å². The Kier molecular flexibility index (Phi) is 5.63. The van der Waals surface area contributed by atoms with Gasteiger partial charge in [-0.05, 0) is 66.1 Å². The molecule has 190 valence electrons. The number of carbonyl (C=O) groups is 1. The van der Waals surface area contributed by atoms with Gasteiger partial charge in [-0.15, -0.1) is 8.78 Å². The Morgan fingerprint density at radius 3 is 2.61 bits per heavy atom. The summed E-state index contributed by atoms with van der Waals surface area (Å²) in [5, 5.41) is 22.3. The summed E-state index contributed by atoms with van der Waals surface area (Å²) in [7, 11) is 0. The number of hydrogen-bond donors (Lipinski definition) is 2. The van der Waals surface area contributed by atoms with Crippen LogP contribution in [0.1, 0.15) is 51.2 Å². The Hall–Kier alpha value is -3.38. The fourth-order valence-corrected chi connectivity index (χ4v) is 5.26. The number of ether oxygens (including phenoxy) is 2. The number of hydrogen-bond acceptors (Lipinski definition) is 6. The monoisotopic (exact) mass is 497 g/mol. The third-order valence-electron chi connectivity index (χ3n) is 7.31. The van der Waals surface area contributed by atoms with Gasteiger partial charge in [0.15, 0.2) is 11.5 Å². The highest BCUT2D eigenvalue weighted by Gasteiger charge is 2.53. The Bertz CT molecular complexity index is 1250. The lowest BCUT2D eigenvalue weighted by molar-refractivity contribution is -0.286. The van der Waals surface area contributed by atoms with E-state index in [9.17, 15) is 18.7 Å². The summed E-state index contributed by atoms with van der Waals surface area (Å²) in [5.74, 6) is -0.308. The molecule has 9 heteroatoms. The van der Waals surface area contributed by atoms with Gasteiger partial charge < -0.3 is 24.8 Å². The molecule has 2 aromatic carbocycles. The van der Waals surface area contributed by atoms with Crippen molar-refractivity contribution in [3.05, 3.63) is 47.5 Å². The summed E-state index contributed by atoms with van der Waals surface area (Å²) in [6.07, 6.45) is -2.41. The fourth-order valence-electron chi connectivity index (χ4n) is 5.26. The molecule has 7 nitrogen and oxygen atoms in total. The maximum absolute atomic E-state index is 13.4. The summed E-state index contributed by atoms with van der Waals surface area (Å²) in [4.78, 5) is 15.5. The van der Waals surface area contributed by atoms with E-state index in [0.29, 0.717) is 30.6 Å². The molecule has 0 radical (unpaired) electrons. The van der Waals surface area contributed by atoms with Gasteiger partial charge in [0.1, 0.15) is 0 Å². The topological polar surface area (TPSA) is 94.8 Å². The van der Waals surface area contributed by atoms with Gasteiger partial charge in [-0.2, -0.15) is 5.26 Å². The lowest BCUT2D eigenvalue weighted by atomic mass is 9.84. The van der Waals surface area contributed by atoms with Gasteiger partial charge >= 0.3 is 6.29 Å². The molecule has 0 spiro atoms. The first kappa shape index (κ1) is 24.3. The van der Waals surface area contributed by atoms with Gasteiger partial charge in [-0.1, -0.05) is 26.8 Å². The van der Waals surface area contributed by atoms with Crippen LogP contribution in [0.4, 0.5) is 20.2 Å². The molecule has 2 unspecified atom stereocenters. The lowest BCUT2D eigenvalue weighted by Gasteiger charge is -2.37. The number of halogens is 2. The molecule has 2 aromatic rings. The zero-order valence-electron chi connectivity index (χ0n) is 20.5. The van der Waals surface area contributed by atoms with E-state index in [1.54, 1.807) is 6.07 Å². The van der Waals surface area contributed by atoms with E-state index in [2.05, 4.69) is 40.5 Å². The number of aliphatic hydroxyl groups excluding tert-OH is 1. The number of carbonyl (C=O) groups excluding carboxylic acids is 1. The number of fused-ring (bicyclic) bond motifs is 2. The van der Waals surface area contributed by atoms with Gasteiger partial charge in [-0.3, -0.25) is 4.79 Å². The normalized spacial score (nSPS) is 21.5. The van der Waals surface area contributed by atoms with Crippen LogP contribution in [0, 0.1) is 16.7 Å². The van der Waals surface area contributed by atoms with Crippen LogP contribution in [-0.2, 0) is 16.6 Å². The largest absolute Gasteiger partial charge is 0.586 e. The van der Waals surface area contributed by atoms with Crippen LogP contribution in [0.2, 0.25) is 0 Å². The van der Waals surface area contributed by atoms with Crippen LogP contribution in [0.15, 0.2) is 36.4 Å². The number of alkyl halides is 2. The summed E-state index contributed by atoms with van der Waals surface area (Å²) in [6, 6.07) is 12.4. The highest BCUT2D eigenvalue weighted by atomic mass is 19.3. The molecular formula is C27H29F2N3O4. The lowest BCUT2D eigenvalue weighted by Crippen LogP contribution is -2.45. The second-order valence-electron chi connectivity index (χ2n) is 11.0. The number of nitrogens with zero attached hydrogens (tertiary/aromatic N) is 2. The van der Waals surface area contributed by atoms with Crippen LogP contribution in [-0.4, -0.2) is 36.0 Å². The number of anilines is 2. The third-order valence-corrected chi connectivity index (χ3v) is 7.31. The highest BCUT2D eigenvalue weighted by Crippen LogP contribution is 2.52. The van der Waals surface area contributed by atoms with E-state index in [4.69, 9.17) is 5.26 Å². The van der Waals surface area contributed by atoms with Gasteiger partial charge in [0.25, 0.3) is 0 Å². The highest BCUT2D eigenvalue weighted by molar-refractivity contribution is 6.01. The zero-order valence-corrected chi connectivity index (χ0v) is 20.5. The smallest absolute Gasteiger partial charge is 0.395 e. The molecule has 1 amide bonds. The molecule has 2 N–H and O–H groups in total. The molecule has 3 aliphatic rings. The zero-order chi connectivity index (χ0) is 25.9. The van der Waals surface area contributed by atoms with Crippen molar-refractivity contribution in [3.63, 3.8) is 0 Å². The number of nitriles is 1. The standard InChI is InChI=1S/C27H29F2N3O4/c1-25(2,3)23-13-16-12-18(5-6-20(16)32(23)15-19(33)8-11-30)31-24(34)26(9-10-26)17-4-7-21-22(14-17)36-27(28,29)35-21/h4-7,12,14,19,23,33H,8-10,13,15H2,1-3H3,(H,31,34). The summed E-state index contributed by atoms with van der Waals surface area (Å²) in [5.41, 5.74) is 2.46. The second-order valence-corrected chi connectivity index (χ2v) is 11.0. The molecule has 0 bridgehead atoms. The minimum absolute atomic E-state index is 0.0450. The van der Waals surface area contributed by atoms with E-state index in [1.807, 2.05) is 24.3 Å². The van der Waals surface area contributed by atoms with Crippen molar-refractivity contribution in [1.29, 1.82) is 5.26 Å². The quantitative estimate of drug-likeness (QED) is 0.599. The average Bonchev–Trinajstić information content (AvgIpc) is 3.43. The minimum Gasteiger partial charge on any atom is -0.395 e. The van der Waals surface area contributed by atoms with E-state index >= 15 is 0 Å². The van der Waals surface area contributed by atoms with E-state index in [0.717, 1.165) is 17.7 Å². The average molecular weight is 498 g/mol. The number of amides is 1. The van der Waals surface area contributed by atoms with Crippen LogP contribution >= 0.6 is 0 Å². The molecular weight excluding hydrogens is 468 g/mol. The molecule has 2 atom stereocenters. The molecule has 2 heterocycles. The minimum atomic E-state index is -3.70. The number of benzene rings is 2. The Morgan fingerprint density at radius 1 is 1.22 bits per heavy atom. The molecule has 0 aromatic heterocycles. The van der Waals surface area contributed by atoms with Crippen molar-refractivity contribution in [3.8, 4) is 17.6 Å². The summed E-state index contributed by atoms with van der Waals surface area (Å²) < 4.78 is 35.9. The first-order chi connectivity index (χ1) is 16.9. The Morgan fingerprint density at radius 2 is 1.94 bits per heavy atom. The molecule has 5 rings (SSSR count). The van der Waals surface area contributed by atoms with E-state index < -0.39 is 17.8 Å². The molecule has 0 saturated heterocycles. The predicted octanol–water partition coefficient (Wildman–Crippen LogP) is 4.73. The second kappa shape index (κ2) is 8.34. The third kappa shape index (κ3) is 4.35. The Labute approximate surface area is 208 Å². The summed E-state index contributed by atoms with van der Waals surface area (Å²) >= 11 is 0. The van der Waals surface area contributed by atoms with Gasteiger partial charge in [0.05, 0.1) is 24.0 Å².